The van der Waals surface area contributed by atoms with Crippen LogP contribution >= 0.6 is 0 Å². The Morgan fingerprint density at radius 3 is 1.42 bits per heavy atom. The highest BCUT2D eigenvalue weighted by molar-refractivity contribution is 6.90. The number of aliphatic hydroxyl groups excluding tert-OH is 1. The molecular weight excluding hydrogens is 252 g/mol. The van der Waals surface area contributed by atoms with Crippen LogP contribution in [0.3, 0.4) is 0 Å². The fourth-order valence-electron chi connectivity index (χ4n) is 3.51. The van der Waals surface area contributed by atoms with Gasteiger partial charge in [-0.15, -0.1) is 0 Å². The van der Waals surface area contributed by atoms with E-state index in [1.165, 1.54) is 0 Å². The minimum atomic E-state index is -2.12. The lowest BCUT2D eigenvalue weighted by Gasteiger charge is -2.37. The van der Waals surface area contributed by atoms with Crippen molar-refractivity contribution in [2.24, 2.45) is 5.41 Å². The van der Waals surface area contributed by atoms with E-state index in [0.717, 1.165) is 0 Å². The van der Waals surface area contributed by atoms with E-state index in [9.17, 15) is 10.5 Å². The molecule has 1 N–H and O–H groups in total. The molecule has 3 nitrogen and oxygen atoms in total. The Morgan fingerprint density at radius 1 is 0.947 bits per heavy atom. The minimum absolute atomic E-state index is 0.248. The average Bonchev–Trinajstić information content (AvgIpc) is 2.21. The summed E-state index contributed by atoms with van der Waals surface area (Å²) < 4.78 is 0. The van der Waals surface area contributed by atoms with E-state index in [1.807, 2.05) is 20.8 Å². The molecule has 0 spiro atoms. The second kappa shape index (κ2) is 6.09. The van der Waals surface area contributed by atoms with Gasteiger partial charge < -0.3 is 5.11 Å². The first-order valence-electron chi connectivity index (χ1n) is 7.23. The summed E-state index contributed by atoms with van der Waals surface area (Å²) in [5.41, 5.74) is 0.826. The van der Waals surface area contributed by atoms with Crippen molar-refractivity contribution in [2.45, 2.75) is 78.9 Å². The maximum atomic E-state index is 10.6. The van der Waals surface area contributed by atoms with E-state index in [4.69, 9.17) is 0 Å². The molecular formula is C15H31N2OSi+. The normalized spacial score (nSPS) is 14.9. The van der Waals surface area contributed by atoms with E-state index in [0.29, 0.717) is 21.9 Å². The molecule has 0 saturated heterocycles. The van der Waals surface area contributed by atoms with Gasteiger partial charge in [-0.2, -0.15) is 0 Å². The number of hydrogen-bond acceptors (Lipinski definition) is 2. The lowest BCUT2D eigenvalue weighted by Crippen LogP contribution is -2.47. The molecule has 0 unspecified atom stereocenters. The molecule has 0 bridgehead atoms. The second-order valence-corrected chi connectivity index (χ2v) is 13.2. The van der Waals surface area contributed by atoms with Crippen molar-refractivity contribution >= 4 is 8.07 Å². The molecule has 4 heteroatoms. The van der Waals surface area contributed by atoms with Crippen molar-refractivity contribution in [1.29, 1.82) is 5.39 Å². The number of hydrogen-bond donors (Lipinski definition) is 1. The summed E-state index contributed by atoms with van der Waals surface area (Å²) in [6.45, 7) is 19.0. The highest BCUT2D eigenvalue weighted by Crippen LogP contribution is 2.49. The first kappa shape index (κ1) is 18.2. The third kappa shape index (κ3) is 3.20. The van der Waals surface area contributed by atoms with Crippen LogP contribution in [0.1, 0.15) is 62.3 Å². The van der Waals surface area contributed by atoms with Crippen molar-refractivity contribution < 1.29 is 5.11 Å². The smallest absolute Gasteiger partial charge is 0.364 e. The molecule has 0 atom stereocenters. The van der Waals surface area contributed by atoms with Crippen molar-refractivity contribution in [3.8, 4) is 0 Å². The highest BCUT2D eigenvalue weighted by atomic mass is 28.3. The molecule has 0 aromatic heterocycles. The zero-order valence-electron chi connectivity index (χ0n) is 14.1. The van der Waals surface area contributed by atoms with Crippen LogP contribution in [0.25, 0.3) is 4.98 Å². The average molecular weight is 284 g/mol. The fourth-order valence-corrected chi connectivity index (χ4v) is 10.1. The van der Waals surface area contributed by atoms with Crippen LogP contribution in [0.4, 0.5) is 0 Å². The van der Waals surface area contributed by atoms with E-state index < -0.39 is 13.5 Å². The van der Waals surface area contributed by atoms with Crippen LogP contribution in [-0.2, 0) is 0 Å². The maximum absolute atomic E-state index is 10.6. The molecule has 0 aliphatic carbocycles. The number of rotatable bonds is 4. The Hall–Kier alpha value is -0.823. The van der Waals surface area contributed by atoms with Crippen molar-refractivity contribution in [3.63, 3.8) is 0 Å². The Balaban J connectivity index is 6.38. The molecule has 0 aromatic rings. The lowest BCUT2D eigenvalue weighted by molar-refractivity contribution is 0.274. The topological polar surface area (TPSA) is 48.4 Å². The van der Waals surface area contributed by atoms with Gasteiger partial charge in [-0.05, 0) is 16.6 Å². The third-order valence-electron chi connectivity index (χ3n) is 4.31. The van der Waals surface area contributed by atoms with Gasteiger partial charge in [-0.1, -0.05) is 62.3 Å². The van der Waals surface area contributed by atoms with E-state index in [1.54, 1.807) is 0 Å². The van der Waals surface area contributed by atoms with Crippen LogP contribution in [0.15, 0.2) is 11.1 Å². The second-order valence-electron chi connectivity index (χ2n) is 7.44. The standard InChI is InChI=1S/C15H30N2OSi/c1-10(2)19(11(3)4,12(5)6)14(17-16)13(18)15(7,8)9/h10-12H,1-9H3/p+1/b14-13-. The zero-order valence-corrected chi connectivity index (χ0v) is 15.1. The van der Waals surface area contributed by atoms with Gasteiger partial charge in [0.05, 0.1) is 0 Å². The number of diazo groups is 1. The Labute approximate surface area is 119 Å². The van der Waals surface area contributed by atoms with Crippen molar-refractivity contribution in [2.75, 3.05) is 0 Å². The zero-order chi connectivity index (χ0) is 15.6. The van der Waals surface area contributed by atoms with Crippen molar-refractivity contribution in [3.05, 3.63) is 16.1 Å². The monoisotopic (exact) mass is 283 g/mol. The Kier molecular flexibility index (Phi) is 5.82. The SMILES string of the molecule is CC(C)[Si](/C([N+]#N)=C(\O)C(C)(C)C)(C(C)C)C(C)C. The van der Waals surface area contributed by atoms with Crippen LogP contribution < -0.4 is 0 Å². The van der Waals surface area contributed by atoms with Gasteiger partial charge in [-0.3, -0.25) is 0 Å². The summed E-state index contributed by atoms with van der Waals surface area (Å²) >= 11 is 0. The molecule has 0 aromatic carbocycles. The molecule has 110 valence electrons. The largest absolute Gasteiger partial charge is 0.505 e. The van der Waals surface area contributed by atoms with Gasteiger partial charge in [0.2, 0.25) is 13.5 Å². The first-order valence-corrected chi connectivity index (χ1v) is 9.46. The third-order valence-corrected chi connectivity index (χ3v) is 11.2. The molecule has 0 rings (SSSR count). The van der Waals surface area contributed by atoms with Crippen LogP contribution in [0, 0.1) is 10.8 Å². The van der Waals surface area contributed by atoms with E-state index in [2.05, 4.69) is 46.5 Å². The summed E-state index contributed by atoms with van der Waals surface area (Å²) in [5.74, 6) is 0.248. The molecule has 0 aliphatic rings. The van der Waals surface area contributed by atoms with E-state index >= 15 is 0 Å². The summed E-state index contributed by atoms with van der Waals surface area (Å²) in [6, 6.07) is 0. The van der Waals surface area contributed by atoms with Crippen LogP contribution in [0.2, 0.25) is 16.6 Å². The van der Waals surface area contributed by atoms with Crippen LogP contribution in [0.5, 0.6) is 0 Å². The van der Waals surface area contributed by atoms with Gasteiger partial charge >= 0.3 is 5.32 Å². The molecule has 0 aliphatic heterocycles. The first-order chi connectivity index (χ1) is 8.43. The Bertz CT molecular complexity index is 362. The van der Waals surface area contributed by atoms with Crippen LogP contribution in [-0.4, -0.2) is 13.2 Å². The van der Waals surface area contributed by atoms with Gasteiger partial charge in [0, 0.05) is 5.41 Å². The minimum Gasteiger partial charge on any atom is -0.505 e. The molecule has 0 radical (unpaired) electrons. The van der Waals surface area contributed by atoms with Gasteiger partial charge in [0.15, 0.2) is 10.7 Å². The van der Waals surface area contributed by atoms with Crippen molar-refractivity contribution in [1.82, 2.24) is 0 Å². The molecule has 0 fully saturated rings. The lowest BCUT2D eigenvalue weighted by atomic mass is 9.94. The summed E-state index contributed by atoms with van der Waals surface area (Å²) in [7, 11) is -2.12. The van der Waals surface area contributed by atoms with Gasteiger partial charge in [0.1, 0.15) is 0 Å². The summed E-state index contributed by atoms with van der Waals surface area (Å²) in [4.78, 5) is 3.58. The van der Waals surface area contributed by atoms with E-state index in [-0.39, 0.29) is 5.76 Å². The predicted molar refractivity (Wildman–Crippen MR) is 85.2 cm³/mol. The van der Waals surface area contributed by atoms with Gasteiger partial charge in [0.25, 0.3) is 0 Å². The Morgan fingerprint density at radius 2 is 1.26 bits per heavy atom. The summed E-state index contributed by atoms with van der Waals surface area (Å²) in [6.07, 6.45) is 0. The molecule has 0 saturated carbocycles. The maximum Gasteiger partial charge on any atom is 0.364 e. The number of aliphatic hydroxyl groups is 1. The van der Waals surface area contributed by atoms with Gasteiger partial charge in [-0.25, -0.2) is 0 Å². The molecule has 0 heterocycles. The number of allylic oxidation sites excluding steroid dienone is 1. The number of nitrogens with zero attached hydrogens (tertiary/aromatic N) is 2. The quantitative estimate of drug-likeness (QED) is 0.398. The highest BCUT2D eigenvalue weighted by Gasteiger charge is 2.57. The molecule has 0 amide bonds. The predicted octanol–water partition coefficient (Wildman–Crippen LogP) is 5.87. The fraction of sp³-hybridized carbons (Fsp3) is 0.867. The summed E-state index contributed by atoms with van der Waals surface area (Å²) in [5, 5.41) is 20.8. The molecule has 19 heavy (non-hydrogen) atoms.